The van der Waals surface area contributed by atoms with Gasteiger partial charge >= 0.3 is 23.7 Å². The van der Waals surface area contributed by atoms with E-state index in [0.717, 1.165) is 31.5 Å². The number of hydrogen-bond acceptors (Lipinski definition) is 7. The van der Waals surface area contributed by atoms with Gasteiger partial charge in [0.25, 0.3) is 0 Å². The maximum Gasteiger partial charge on any atom is 0.422 e. The fourth-order valence-electron chi connectivity index (χ4n) is 4.19. The van der Waals surface area contributed by atoms with Gasteiger partial charge in [-0.2, -0.15) is 4.79 Å². The first-order chi connectivity index (χ1) is 20.6. The third-order valence-corrected chi connectivity index (χ3v) is 6.24. The summed E-state index contributed by atoms with van der Waals surface area (Å²) in [5, 5.41) is 3.35. The minimum atomic E-state index is -0.659. The first-order valence-corrected chi connectivity index (χ1v) is 14.1. The molecule has 0 fully saturated rings. The van der Waals surface area contributed by atoms with Crippen LogP contribution in [-0.2, 0) is 23.8 Å². The number of nitrogens with zero attached hydrogens (tertiary/aromatic N) is 3. The van der Waals surface area contributed by atoms with Gasteiger partial charge in [-0.05, 0) is 57.9 Å². The second-order valence-corrected chi connectivity index (χ2v) is 10.6. The Hall–Kier alpha value is -4.53. The van der Waals surface area contributed by atoms with Gasteiger partial charge in [0.15, 0.2) is 0 Å². The third-order valence-electron chi connectivity index (χ3n) is 6.24. The van der Waals surface area contributed by atoms with Gasteiger partial charge in [-0.3, -0.25) is 4.79 Å². The molecule has 0 bridgehead atoms. The van der Waals surface area contributed by atoms with Crippen LogP contribution in [0.2, 0.25) is 0 Å². The molecule has 0 unspecified atom stereocenters. The number of benzene rings is 2. The lowest BCUT2D eigenvalue weighted by Gasteiger charge is -2.27. The number of ether oxygens (including phenoxy) is 3. The summed E-state index contributed by atoms with van der Waals surface area (Å²) in [5.41, 5.74) is 9.60. The Morgan fingerprint density at radius 3 is 2.07 bits per heavy atom. The molecule has 0 saturated carbocycles. The van der Waals surface area contributed by atoms with Crippen LogP contribution >= 0.6 is 0 Å². The average Bonchev–Trinajstić information content (AvgIpc) is 3.03. The lowest BCUT2D eigenvalue weighted by Crippen LogP contribution is -2.39. The zero-order valence-electron chi connectivity index (χ0n) is 25.6. The van der Waals surface area contributed by atoms with E-state index in [4.69, 9.17) is 15.0 Å². The van der Waals surface area contributed by atoms with Gasteiger partial charge in [-0.15, -0.1) is 0 Å². The molecule has 0 radical (unpaired) electrons. The number of carbonyl (C=O) groups excluding carboxylic acids is 3. The van der Waals surface area contributed by atoms with Gasteiger partial charge in [0, 0.05) is 19.1 Å². The Morgan fingerprint density at radius 1 is 0.930 bits per heavy atom. The van der Waals surface area contributed by atoms with E-state index in [1.54, 1.807) is 35.2 Å². The fourth-order valence-corrected chi connectivity index (χ4v) is 4.19. The summed E-state index contributed by atoms with van der Waals surface area (Å²) in [5.74, 6) is -1.12. The molecule has 0 saturated heterocycles. The van der Waals surface area contributed by atoms with Crippen LogP contribution in [0.15, 0.2) is 85.0 Å². The number of esters is 2. The highest BCUT2D eigenvalue weighted by Gasteiger charge is 2.29. The number of rotatable bonds is 5. The number of nitrogens with one attached hydrogen (secondary N) is 1. The molecule has 2 heterocycles. The summed E-state index contributed by atoms with van der Waals surface area (Å²) in [6.07, 6.45) is 9.97. The maximum atomic E-state index is 11.9. The van der Waals surface area contributed by atoms with Gasteiger partial charge in [-0.25, -0.2) is 9.59 Å². The van der Waals surface area contributed by atoms with Crippen molar-refractivity contribution >= 4 is 23.7 Å². The van der Waals surface area contributed by atoms with E-state index >= 15 is 0 Å². The lowest BCUT2D eigenvalue weighted by atomic mass is 9.90. The van der Waals surface area contributed by atoms with Crippen LogP contribution in [0.3, 0.4) is 0 Å². The minimum Gasteiger partial charge on any atom is -0.468 e. The van der Waals surface area contributed by atoms with Crippen LogP contribution in [0.5, 0.6) is 0 Å². The highest BCUT2D eigenvalue weighted by Crippen LogP contribution is 2.23. The Labute approximate surface area is 253 Å². The van der Waals surface area contributed by atoms with Gasteiger partial charge < -0.3 is 30.0 Å². The smallest absolute Gasteiger partial charge is 0.422 e. The van der Waals surface area contributed by atoms with Crippen LogP contribution in [0.1, 0.15) is 50.7 Å². The van der Waals surface area contributed by atoms with E-state index in [1.165, 1.54) is 14.2 Å². The van der Waals surface area contributed by atoms with Gasteiger partial charge in [0.05, 0.1) is 19.8 Å². The molecule has 1 amide bonds. The van der Waals surface area contributed by atoms with Crippen LogP contribution < -0.4 is 5.32 Å². The normalized spacial score (nSPS) is 16.1. The molecule has 2 aromatic rings. The standard InChI is InChI=1S/C14H17NO2.C10H17NO2.C9H8N2O2/c1-17-14(16)13(11-7-3-2-4-8-11)12-9-5-6-10-15-12;1-10(2,3)13-9(12)11-7-5-4-6-8-11;1-13-9(12)8(11-10)7-5-3-2-4-6-7/h2-5,7-9,12-13,15H,6,10H2,1H3;4-5H,6-8H2,1-3H3;2-6H,1H3/t12-,13+;;/m1../s1. The highest BCUT2D eigenvalue weighted by atomic mass is 16.6. The molecule has 1 N–H and O–H groups in total. The average molecular weight is 591 g/mol. The largest absolute Gasteiger partial charge is 0.468 e. The number of hydrogen-bond donors (Lipinski definition) is 1. The topological polar surface area (TPSA) is 131 Å². The SMILES string of the molecule is CC(C)(C)OC(=O)N1CC=CCC1.COC(=O)C(=[N+]=[N-])c1ccccc1.COC(=O)[C@@H](c1ccccc1)[C@H]1C=CCCN1. The first-order valence-electron chi connectivity index (χ1n) is 14.1. The predicted octanol–water partition coefficient (Wildman–Crippen LogP) is 4.92. The summed E-state index contributed by atoms with van der Waals surface area (Å²) < 4.78 is 14.6. The Bertz CT molecular complexity index is 1280. The van der Waals surface area contributed by atoms with Crippen molar-refractivity contribution in [1.82, 2.24) is 10.2 Å². The predicted molar refractivity (Wildman–Crippen MR) is 164 cm³/mol. The zero-order valence-corrected chi connectivity index (χ0v) is 25.6. The number of amides is 1. The minimum absolute atomic E-state index is 0.0265. The summed E-state index contributed by atoms with van der Waals surface area (Å²) in [6.45, 7) is 7.99. The molecule has 4 rings (SSSR count). The van der Waals surface area contributed by atoms with Crippen molar-refractivity contribution in [3.63, 3.8) is 0 Å². The Balaban J connectivity index is 0.000000229. The molecule has 2 atom stereocenters. The summed E-state index contributed by atoms with van der Waals surface area (Å²) in [6, 6.07) is 18.4. The van der Waals surface area contributed by atoms with Crippen molar-refractivity contribution in [2.45, 2.75) is 51.2 Å². The molecule has 0 spiro atoms. The monoisotopic (exact) mass is 590 g/mol. The van der Waals surface area contributed by atoms with E-state index < -0.39 is 11.6 Å². The van der Waals surface area contributed by atoms with E-state index in [-0.39, 0.29) is 29.7 Å². The van der Waals surface area contributed by atoms with Gasteiger partial charge in [0.2, 0.25) is 0 Å². The molecule has 2 aliphatic heterocycles. The Kier molecular flexibility index (Phi) is 14.6. The molecule has 0 aliphatic carbocycles. The lowest BCUT2D eigenvalue weighted by molar-refractivity contribution is -0.143. The molecule has 10 heteroatoms. The molecule has 10 nitrogen and oxygen atoms in total. The molecular formula is C33H42N4O6. The second-order valence-electron chi connectivity index (χ2n) is 10.6. The van der Waals surface area contributed by atoms with Crippen LogP contribution in [-0.4, -0.2) is 78.9 Å². The molecule has 230 valence electrons. The van der Waals surface area contributed by atoms with E-state index in [0.29, 0.717) is 12.1 Å². The van der Waals surface area contributed by atoms with Crippen molar-refractivity contribution in [3.8, 4) is 0 Å². The summed E-state index contributed by atoms with van der Waals surface area (Å²) in [4.78, 5) is 39.0. The maximum absolute atomic E-state index is 11.9. The molecule has 2 aromatic carbocycles. The summed E-state index contributed by atoms with van der Waals surface area (Å²) in [7, 11) is 2.67. The van der Waals surface area contributed by atoms with Crippen LogP contribution in [0.4, 0.5) is 4.79 Å². The molecule has 0 aromatic heterocycles. The van der Waals surface area contributed by atoms with Crippen molar-refractivity contribution < 1.29 is 33.4 Å². The van der Waals surface area contributed by atoms with Crippen LogP contribution in [0, 0.1) is 0 Å². The number of carbonyl (C=O) groups is 3. The summed E-state index contributed by atoms with van der Waals surface area (Å²) >= 11 is 0. The zero-order chi connectivity index (χ0) is 31.7. The second kappa shape index (κ2) is 18.1. The molecule has 43 heavy (non-hydrogen) atoms. The van der Waals surface area contributed by atoms with Crippen molar-refractivity contribution in [2.75, 3.05) is 33.9 Å². The van der Waals surface area contributed by atoms with E-state index in [9.17, 15) is 14.4 Å². The number of methoxy groups -OCH3 is 2. The van der Waals surface area contributed by atoms with Gasteiger partial charge in [0.1, 0.15) is 11.5 Å². The quantitative estimate of drug-likeness (QED) is 0.131. The highest BCUT2D eigenvalue weighted by molar-refractivity contribution is 6.40. The third kappa shape index (κ3) is 12.1. The van der Waals surface area contributed by atoms with E-state index in [1.807, 2.05) is 57.2 Å². The van der Waals surface area contributed by atoms with E-state index in [2.05, 4.69) is 33.1 Å². The first kappa shape index (κ1) is 34.7. The molecule has 2 aliphatic rings. The fraction of sp³-hybridized carbons (Fsp3) is 0.394. The van der Waals surface area contributed by atoms with Crippen LogP contribution in [0.25, 0.3) is 5.53 Å². The van der Waals surface area contributed by atoms with Gasteiger partial charge in [-0.1, -0.05) is 72.8 Å². The molecular weight excluding hydrogens is 548 g/mol. The van der Waals surface area contributed by atoms with Crippen molar-refractivity contribution in [2.24, 2.45) is 0 Å². The Morgan fingerprint density at radius 2 is 1.58 bits per heavy atom. The van der Waals surface area contributed by atoms with Crippen molar-refractivity contribution in [3.05, 3.63) is 102 Å². The van der Waals surface area contributed by atoms with Crippen molar-refractivity contribution in [1.29, 1.82) is 0 Å².